The van der Waals surface area contributed by atoms with E-state index < -0.39 is 17.5 Å². The van der Waals surface area contributed by atoms with Crippen molar-refractivity contribution in [1.82, 2.24) is 0 Å². The minimum Gasteiger partial charge on any atom is -0.493 e. The van der Waals surface area contributed by atoms with Crippen LogP contribution in [0.15, 0.2) is 43.0 Å². The van der Waals surface area contributed by atoms with Crippen LogP contribution in [0.5, 0.6) is 11.5 Å². The van der Waals surface area contributed by atoms with Gasteiger partial charge in [0, 0.05) is 12.7 Å². The molecule has 3 nitrogen and oxygen atoms in total. The summed E-state index contributed by atoms with van der Waals surface area (Å²) in [7, 11) is 0. The molecule has 2 saturated carbocycles. The van der Waals surface area contributed by atoms with Crippen molar-refractivity contribution >= 4 is 0 Å². The fraction of sp³-hybridized carbons (Fsp3) is 0.548. The van der Waals surface area contributed by atoms with Gasteiger partial charge in [0.2, 0.25) is 0 Å². The third-order valence-corrected chi connectivity index (χ3v) is 7.91. The van der Waals surface area contributed by atoms with E-state index in [4.69, 9.17) is 14.2 Å². The van der Waals surface area contributed by atoms with Crippen molar-refractivity contribution in [3.05, 3.63) is 71.6 Å². The van der Waals surface area contributed by atoms with Crippen LogP contribution in [0.2, 0.25) is 0 Å². The molecule has 0 saturated heterocycles. The fourth-order valence-corrected chi connectivity index (χ4v) is 5.78. The van der Waals surface area contributed by atoms with Crippen molar-refractivity contribution in [1.29, 1.82) is 0 Å². The lowest BCUT2D eigenvalue weighted by Crippen LogP contribution is -2.22. The van der Waals surface area contributed by atoms with Gasteiger partial charge < -0.3 is 14.2 Å². The SMILES string of the molecule is C=CCCOc1ccc(OCC2CCC(c3ccc(C4CCC(OCC)CC4)c(F)c3F)CC2)cc1F. The van der Waals surface area contributed by atoms with E-state index in [-0.39, 0.29) is 23.7 Å². The second-order valence-corrected chi connectivity index (χ2v) is 10.3. The van der Waals surface area contributed by atoms with Gasteiger partial charge in [0.05, 0.1) is 19.3 Å². The molecule has 0 heterocycles. The van der Waals surface area contributed by atoms with E-state index >= 15 is 8.78 Å². The number of hydrogen-bond acceptors (Lipinski definition) is 3. The van der Waals surface area contributed by atoms with Gasteiger partial charge in [0.15, 0.2) is 23.2 Å². The summed E-state index contributed by atoms with van der Waals surface area (Å²) in [5.41, 5.74) is 1.01. The third kappa shape index (κ3) is 7.10. The second-order valence-electron chi connectivity index (χ2n) is 10.3. The summed E-state index contributed by atoms with van der Waals surface area (Å²) in [6.45, 7) is 7.16. The smallest absolute Gasteiger partial charge is 0.168 e. The minimum atomic E-state index is -0.671. The van der Waals surface area contributed by atoms with Gasteiger partial charge in [-0.2, -0.15) is 0 Å². The number of ether oxygens (including phenoxy) is 3. The van der Waals surface area contributed by atoms with E-state index in [9.17, 15) is 4.39 Å². The highest BCUT2D eigenvalue weighted by atomic mass is 19.2. The summed E-state index contributed by atoms with van der Waals surface area (Å²) in [4.78, 5) is 0. The van der Waals surface area contributed by atoms with Gasteiger partial charge >= 0.3 is 0 Å². The molecule has 0 unspecified atom stereocenters. The Morgan fingerprint density at radius 3 is 2.03 bits per heavy atom. The molecule has 0 radical (unpaired) electrons. The maximum absolute atomic E-state index is 15.2. The minimum absolute atomic E-state index is 0.0120. The Hall–Kier alpha value is -2.47. The van der Waals surface area contributed by atoms with E-state index in [0.29, 0.717) is 49.0 Å². The molecule has 4 rings (SSSR count). The molecule has 0 spiro atoms. The van der Waals surface area contributed by atoms with Crippen LogP contribution in [0.4, 0.5) is 13.2 Å². The Morgan fingerprint density at radius 1 is 0.838 bits per heavy atom. The van der Waals surface area contributed by atoms with E-state index in [1.165, 1.54) is 6.07 Å². The molecule has 202 valence electrons. The van der Waals surface area contributed by atoms with E-state index in [1.807, 2.05) is 19.1 Å². The van der Waals surface area contributed by atoms with Gasteiger partial charge in [-0.3, -0.25) is 0 Å². The predicted octanol–water partition coefficient (Wildman–Crippen LogP) is 8.47. The van der Waals surface area contributed by atoms with Gasteiger partial charge in [-0.1, -0.05) is 18.2 Å². The maximum atomic E-state index is 15.2. The summed E-state index contributed by atoms with van der Waals surface area (Å²) in [5.74, 6) is -0.743. The molecule has 2 aliphatic carbocycles. The van der Waals surface area contributed by atoms with Crippen LogP contribution in [0.25, 0.3) is 0 Å². The van der Waals surface area contributed by atoms with E-state index in [1.54, 1.807) is 18.2 Å². The highest BCUT2D eigenvalue weighted by molar-refractivity contribution is 5.33. The highest BCUT2D eigenvalue weighted by Crippen LogP contribution is 2.41. The fourth-order valence-electron chi connectivity index (χ4n) is 5.78. The Bertz CT molecular complexity index is 1020. The van der Waals surface area contributed by atoms with Gasteiger partial charge in [-0.05, 0) is 106 Å². The van der Waals surface area contributed by atoms with Crippen molar-refractivity contribution < 1.29 is 27.4 Å². The lowest BCUT2D eigenvalue weighted by atomic mass is 9.77. The topological polar surface area (TPSA) is 27.7 Å². The number of rotatable bonds is 11. The molecule has 0 atom stereocenters. The molecule has 0 aliphatic heterocycles. The zero-order chi connectivity index (χ0) is 26.2. The molecule has 2 aromatic carbocycles. The van der Waals surface area contributed by atoms with Crippen LogP contribution in [-0.4, -0.2) is 25.9 Å². The average Bonchev–Trinajstić information content (AvgIpc) is 2.91. The van der Waals surface area contributed by atoms with Gasteiger partial charge in [0.1, 0.15) is 5.75 Å². The number of hydrogen-bond donors (Lipinski definition) is 0. The summed E-state index contributed by atoms with van der Waals surface area (Å²) in [6.07, 6.45) is 9.37. The Morgan fingerprint density at radius 2 is 1.46 bits per heavy atom. The largest absolute Gasteiger partial charge is 0.493 e. The summed E-state index contributed by atoms with van der Waals surface area (Å²) < 4.78 is 61.4. The molecule has 2 aromatic rings. The molecule has 2 aliphatic rings. The first-order valence-corrected chi connectivity index (χ1v) is 13.8. The molecule has 2 fully saturated rings. The summed E-state index contributed by atoms with van der Waals surface area (Å²) >= 11 is 0. The molecule has 0 aromatic heterocycles. The van der Waals surface area contributed by atoms with Crippen LogP contribution in [0.1, 0.15) is 87.7 Å². The van der Waals surface area contributed by atoms with Crippen molar-refractivity contribution in [2.45, 2.75) is 82.7 Å². The van der Waals surface area contributed by atoms with Crippen LogP contribution in [0.3, 0.4) is 0 Å². The standard InChI is InChI=1S/C31H39F3O3/c1-3-5-18-36-29-17-14-25(19-28(29)32)37-20-21-6-8-22(9-7-21)26-15-16-27(31(34)30(26)33)23-10-12-24(13-11-23)35-4-2/h3,14-17,19,21-24H,1,4-13,18,20H2,2H3. The quantitative estimate of drug-likeness (QED) is 0.221. The van der Waals surface area contributed by atoms with Crippen LogP contribution >= 0.6 is 0 Å². The third-order valence-electron chi connectivity index (χ3n) is 7.91. The Kier molecular flexibility index (Phi) is 9.95. The van der Waals surface area contributed by atoms with Gasteiger partial charge in [0.25, 0.3) is 0 Å². The van der Waals surface area contributed by atoms with Gasteiger partial charge in [-0.15, -0.1) is 6.58 Å². The molecule has 0 N–H and O–H groups in total. The van der Waals surface area contributed by atoms with E-state index in [2.05, 4.69) is 6.58 Å². The normalized spacial score (nSPS) is 24.0. The van der Waals surface area contributed by atoms with Crippen LogP contribution in [-0.2, 0) is 4.74 Å². The Balaban J connectivity index is 1.27. The highest BCUT2D eigenvalue weighted by Gasteiger charge is 2.30. The van der Waals surface area contributed by atoms with Crippen LogP contribution in [0, 0.1) is 23.4 Å². The molecule has 0 bridgehead atoms. The molecular weight excluding hydrogens is 477 g/mol. The monoisotopic (exact) mass is 516 g/mol. The average molecular weight is 517 g/mol. The number of halogens is 3. The van der Waals surface area contributed by atoms with Crippen LogP contribution < -0.4 is 9.47 Å². The molecular formula is C31H39F3O3. The van der Waals surface area contributed by atoms with Crippen molar-refractivity contribution in [2.75, 3.05) is 19.8 Å². The first-order valence-electron chi connectivity index (χ1n) is 13.8. The van der Waals surface area contributed by atoms with Crippen molar-refractivity contribution in [3.63, 3.8) is 0 Å². The molecule has 6 heteroatoms. The Labute approximate surface area is 219 Å². The van der Waals surface area contributed by atoms with Gasteiger partial charge in [-0.25, -0.2) is 13.2 Å². The van der Waals surface area contributed by atoms with Crippen molar-refractivity contribution in [2.24, 2.45) is 5.92 Å². The molecule has 37 heavy (non-hydrogen) atoms. The zero-order valence-corrected chi connectivity index (χ0v) is 21.8. The lowest BCUT2D eigenvalue weighted by molar-refractivity contribution is 0.0325. The predicted molar refractivity (Wildman–Crippen MR) is 140 cm³/mol. The van der Waals surface area contributed by atoms with E-state index in [0.717, 1.165) is 51.4 Å². The number of benzene rings is 2. The molecule has 0 amide bonds. The van der Waals surface area contributed by atoms with Crippen molar-refractivity contribution in [3.8, 4) is 11.5 Å². The lowest BCUT2D eigenvalue weighted by Gasteiger charge is -2.31. The second kappa shape index (κ2) is 13.4. The zero-order valence-electron chi connectivity index (χ0n) is 21.8. The summed E-state index contributed by atoms with van der Waals surface area (Å²) in [6, 6.07) is 8.26. The summed E-state index contributed by atoms with van der Waals surface area (Å²) in [5, 5.41) is 0. The first kappa shape index (κ1) is 27.6. The maximum Gasteiger partial charge on any atom is 0.168 e. The first-order chi connectivity index (χ1) is 18.0.